The fraction of sp³-hybridized carbons (Fsp3) is 0.562. The normalized spacial score (nSPS) is 19.6. The largest absolute Gasteiger partial charge is 0.497 e. The molecule has 0 bridgehead atoms. The average molecular weight is 276 g/mol. The summed E-state index contributed by atoms with van der Waals surface area (Å²) >= 11 is 0. The molecule has 1 aliphatic rings. The van der Waals surface area contributed by atoms with Crippen LogP contribution < -0.4 is 10.1 Å². The zero-order valence-electron chi connectivity index (χ0n) is 12.4. The second-order valence-corrected chi connectivity index (χ2v) is 5.49. The molecule has 1 fully saturated rings. The van der Waals surface area contributed by atoms with Crippen LogP contribution in [0, 0.1) is 5.92 Å². The highest BCUT2D eigenvalue weighted by Crippen LogP contribution is 2.15. The van der Waals surface area contributed by atoms with E-state index in [0.29, 0.717) is 6.54 Å². The summed E-state index contributed by atoms with van der Waals surface area (Å²) in [5, 5.41) is 3.05. The molecule has 0 spiro atoms. The van der Waals surface area contributed by atoms with Crippen molar-refractivity contribution >= 4 is 5.91 Å². The van der Waals surface area contributed by atoms with Crippen LogP contribution in [0.25, 0.3) is 0 Å². The molecule has 2 rings (SSSR count). The van der Waals surface area contributed by atoms with E-state index >= 15 is 0 Å². The van der Waals surface area contributed by atoms with Crippen LogP contribution in [0.15, 0.2) is 24.3 Å². The van der Waals surface area contributed by atoms with E-state index in [-0.39, 0.29) is 11.8 Å². The van der Waals surface area contributed by atoms with Gasteiger partial charge in [-0.05, 0) is 50.6 Å². The predicted octanol–water partition coefficient (Wildman–Crippen LogP) is 1.70. The van der Waals surface area contributed by atoms with Gasteiger partial charge < -0.3 is 15.0 Å². The highest BCUT2D eigenvalue weighted by molar-refractivity contribution is 5.78. The third-order valence-corrected chi connectivity index (χ3v) is 3.87. The molecule has 0 aliphatic carbocycles. The van der Waals surface area contributed by atoms with Crippen LogP contribution in [0.4, 0.5) is 0 Å². The van der Waals surface area contributed by atoms with Gasteiger partial charge in [-0.1, -0.05) is 12.1 Å². The Morgan fingerprint density at radius 3 is 2.80 bits per heavy atom. The average Bonchev–Trinajstić information content (AvgIpc) is 2.48. The Bertz CT molecular complexity index is 431. The van der Waals surface area contributed by atoms with Crippen molar-refractivity contribution in [2.75, 3.05) is 33.8 Å². The summed E-state index contributed by atoms with van der Waals surface area (Å²) in [4.78, 5) is 14.3. The highest BCUT2D eigenvalue weighted by atomic mass is 16.5. The Labute approximate surface area is 121 Å². The van der Waals surface area contributed by atoms with Crippen LogP contribution in [0.5, 0.6) is 5.75 Å². The van der Waals surface area contributed by atoms with E-state index in [1.54, 1.807) is 7.11 Å². The number of carbonyl (C=O) groups is 1. The number of carbonyl (C=O) groups excluding carboxylic acids is 1. The number of likely N-dealkylation sites (tertiary alicyclic amines) is 1. The van der Waals surface area contributed by atoms with Crippen LogP contribution in [0.2, 0.25) is 0 Å². The number of methoxy groups -OCH3 is 1. The topological polar surface area (TPSA) is 41.6 Å². The van der Waals surface area contributed by atoms with Gasteiger partial charge in [0.1, 0.15) is 5.75 Å². The molecule has 1 unspecified atom stereocenters. The molecule has 0 aromatic heterocycles. The Morgan fingerprint density at radius 1 is 1.40 bits per heavy atom. The lowest BCUT2D eigenvalue weighted by Crippen LogP contribution is -2.41. The Balaban J connectivity index is 1.73. The third-order valence-electron chi connectivity index (χ3n) is 3.87. The minimum atomic E-state index is 0.157. The molecule has 1 aromatic carbocycles. The van der Waals surface area contributed by atoms with Crippen molar-refractivity contribution in [3.8, 4) is 5.75 Å². The summed E-state index contributed by atoms with van der Waals surface area (Å²) in [6.07, 6.45) is 2.99. The van der Waals surface area contributed by atoms with E-state index in [1.807, 2.05) is 24.3 Å². The van der Waals surface area contributed by atoms with Crippen LogP contribution in [0.3, 0.4) is 0 Å². The van der Waals surface area contributed by atoms with E-state index in [4.69, 9.17) is 4.74 Å². The van der Waals surface area contributed by atoms with Crippen molar-refractivity contribution in [3.05, 3.63) is 29.8 Å². The lowest BCUT2D eigenvalue weighted by molar-refractivity contribution is -0.126. The van der Waals surface area contributed by atoms with Crippen molar-refractivity contribution in [2.45, 2.75) is 19.3 Å². The number of hydrogen-bond donors (Lipinski definition) is 1. The molecule has 1 heterocycles. The molecule has 110 valence electrons. The van der Waals surface area contributed by atoms with Gasteiger partial charge in [0, 0.05) is 13.1 Å². The SMILES string of the molecule is COc1ccc(CCNC(=O)C2CCCN(C)C2)cc1. The number of nitrogens with zero attached hydrogens (tertiary/aromatic N) is 1. The molecule has 1 amide bonds. The molecule has 4 heteroatoms. The first kappa shape index (κ1) is 14.9. The molecule has 20 heavy (non-hydrogen) atoms. The van der Waals surface area contributed by atoms with Crippen molar-refractivity contribution in [2.24, 2.45) is 5.92 Å². The van der Waals surface area contributed by atoms with Gasteiger partial charge in [-0.15, -0.1) is 0 Å². The molecule has 1 N–H and O–H groups in total. The molecular weight excluding hydrogens is 252 g/mol. The van der Waals surface area contributed by atoms with Gasteiger partial charge in [0.25, 0.3) is 0 Å². The van der Waals surface area contributed by atoms with Crippen LogP contribution in [-0.4, -0.2) is 44.6 Å². The van der Waals surface area contributed by atoms with E-state index < -0.39 is 0 Å². The van der Waals surface area contributed by atoms with E-state index in [2.05, 4.69) is 17.3 Å². The van der Waals surface area contributed by atoms with Gasteiger partial charge in [-0.2, -0.15) is 0 Å². The standard InChI is InChI=1S/C16H24N2O2/c1-18-11-3-4-14(12-18)16(19)17-10-9-13-5-7-15(20-2)8-6-13/h5-8,14H,3-4,9-12H2,1-2H3,(H,17,19). The van der Waals surface area contributed by atoms with Crippen molar-refractivity contribution in [1.82, 2.24) is 10.2 Å². The number of piperidine rings is 1. The lowest BCUT2D eigenvalue weighted by Gasteiger charge is -2.28. The Morgan fingerprint density at radius 2 is 2.15 bits per heavy atom. The predicted molar refractivity (Wildman–Crippen MR) is 79.9 cm³/mol. The maximum atomic E-state index is 12.1. The summed E-state index contributed by atoms with van der Waals surface area (Å²) in [6, 6.07) is 7.99. The Hall–Kier alpha value is -1.55. The molecular formula is C16H24N2O2. The van der Waals surface area contributed by atoms with Gasteiger partial charge >= 0.3 is 0 Å². The lowest BCUT2D eigenvalue weighted by atomic mass is 9.97. The quantitative estimate of drug-likeness (QED) is 0.890. The maximum absolute atomic E-state index is 12.1. The second kappa shape index (κ2) is 7.29. The number of ether oxygens (including phenoxy) is 1. The van der Waals surface area contributed by atoms with Crippen LogP contribution in [-0.2, 0) is 11.2 Å². The van der Waals surface area contributed by atoms with Crippen molar-refractivity contribution < 1.29 is 9.53 Å². The molecule has 0 radical (unpaired) electrons. The van der Waals surface area contributed by atoms with Gasteiger partial charge in [0.05, 0.1) is 13.0 Å². The maximum Gasteiger partial charge on any atom is 0.224 e. The first-order valence-corrected chi connectivity index (χ1v) is 7.28. The fourth-order valence-electron chi connectivity index (χ4n) is 2.65. The van der Waals surface area contributed by atoms with E-state index in [9.17, 15) is 4.79 Å². The second-order valence-electron chi connectivity index (χ2n) is 5.49. The number of amides is 1. The first-order chi connectivity index (χ1) is 9.69. The monoisotopic (exact) mass is 276 g/mol. The summed E-state index contributed by atoms with van der Waals surface area (Å²) < 4.78 is 5.13. The first-order valence-electron chi connectivity index (χ1n) is 7.28. The molecule has 0 saturated carbocycles. The zero-order valence-corrected chi connectivity index (χ0v) is 12.4. The van der Waals surface area contributed by atoms with E-state index in [0.717, 1.165) is 38.1 Å². The molecule has 1 atom stereocenters. The van der Waals surface area contributed by atoms with Gasteiger partial charge in [-0.3, -0.25) is 4.79 Å². The van der Waals surface area contributed by atoms with Crippen LogP contribution in [0.1, 0.15) is 18.4 Å². The fourth-order valence-corrected chi connectivity index (χ4v) is 2.65. The number of benzene rings is 1. The van der Waals surface area contributed by atoms with Crippen molar-refractivity contribution in [1.29, 1.82) is 0 Å². The minimum absolute atomic E-state index is 0.157. The molecule has 4 nitrogen and oxygen atoms in total. The summed E-state index contributed by atoms with van der Waals surface area (Å²) in [6.45, 7) is 2.69. The highest BCUT2D eigenvalue weighted by Gasteiger charge is 2.23. The number of nitrogens with one attached hydrogen (secondary N) is 1. The Kier molecular flexibility index (Phi) is 5.41. The van der Waals surface area contributed by atoms with Gasteiger partial charge in [0.2, 0.25) is 5.91 Å². The van der Waals surface area contributed by atoms with E-state index in [1.165, 1.54) is 5.56 Å². The smallest absolute Gasteiger partial charge is 0.224 e. The van der Waals surface area contributed by atoms with Crippen molar-refractivity contribution in [3.63, 3.8) is 0 Å². The zero-order chi connectivity index (χ0) is 14.4. The minimum Gasteiger partial charge on any atom is -0.497 e. The summed E-state index contributed by atoms with van der Waals surface area (Å²) in [5.74, 6) is 1.22. The summed E-state index contributed by atoms with van der Waals surface area (Å²) in [5.41, 5.74) is 1.21. The molecule has 1 aliphatic heterocycles. The molecule has 1 aromatic rings. The molecule has 1 saturated heterocycles. The third kappa shape index (κ3) is 4.23. The van der Waals surface area contributed by atoms with Gasteiger partial charge in [-0.25, -0.2) is 0 Å². The number of rotatable bonds is 5. The van der Waals surface area contributed by atoms with Gasteiger partial charge in [0.15, 0.2) is 0 Å². The summed E-state index contributed by atoms with van der Waals surface area (Å²) in [7, 11) is 3.74. The number of hydrogen-bond acceptors (Lipinski definition) is 3. The van der Waals surface area contributed by atoms with Crippen LogP contribution >= 0.6 is 0 Å².